The van der Waals surface area contributed by atoms with Crippen LogP contribution in [0.25, 0.3) is 22.2 Å². The molecule has 3 aromatic rings. The van der Waals surface area contributed by atoms with Crippen molar-refractivity contribution in [2.24, 2.45) is 0 Å². The fraction of sp³-hybridized carbons (Fsp3) is 0.167. The first-order valence-corrected chi connectivity index (χ1v) is 7.64. The zero-order valence-electron chi connectivity index (χ0n) is 13.7. The molecule has 0 atom stereocenters. The van der Waals surface area contributed by atoms with Crippen molar-refractivity contribution in [3.63, 3.8) is 0 Å². The van der Waals surface area contributed by atoms with E-state index in [0.717, 1.165) is 5.56 Å². The highest BCUT2D eigenvalue weighted by Crippen LogP contribution is 2.35. The number of hydrogen-bond acceptors (Lipinski definition) is 6. The molecular weight excluding hydrogens is 322 g/mol. The molecule has 0 unspecified atom stereocenters. The number of esters is 1. The van der Waals surface area contributed by atoms with Gasteiger partial charge in [-0.25, -0.2) is 4.79 Å². The molecule has 0 amide bonds. The number of aromatic hydroxyl groups is 1. The van der Waals surface area contributed by atoms with Crippen LogP contribution in [0.5, 0.6) is 11.5 Å². The number of benzene rings is 2. The van der Waals surface area contributed by atoms with E-state index in [1.165, 1.54) is 0 Å². The van der Waals surface area contributed by atoms with Gasteiger partial charge in [0.05, 0.1) is 0 Å². The van der Waals surface area contributed by atoms with Gasteiger partial charge in [-0.15, -0.1) is 0 Å². The van der Waals surface area contributed by atoms with E-state index in [1.54, 1.807) is 25.1 Å². The lowest BCUT2D eigenvalue weighted by Gasteiger charge is -2.10. The molecule has 0 aliphatic carbocycles. The number of nitrogens with one attached hydrogen (secondary N) is 1. The first kappa shape index (κ1) is 16.5. The second kappa shape index (κ2) is 7.04. The summed E-state index contributed by atoms with van der Waals surface area (Å²) in [6.07, 6.45) is 0. The number of nitrogens with zero attached hydrogens (tertiary/aromatic N) is 2. The maximum absolute atomic E-state index is 11.3. The van der Waals surface area contributed by atoms with E-state index in [9.17, 15) is 9.90 Å². The van der Waals surface area contributed by atoms with Crippen molar-refractivity contribution in [3.8, 4) is 22.6 Å². The minimum Gasteiger partial charge on any atom is -0.507 e. The molecular formula is C18H17N3O4. The molecule has 0 radical (unpaired) electrons. The summed E-state index contributed by atoms with van der Waals surface area (Å²) in [5.41, 5.74) is 3.02. The van der Waals surface area contributed by atoms with Crippen molar-refractivity contribution >= 4 is 17.0 Å². The van der Waals surface area contributed by atoms with Crippen LogP contribution in [-0.2, 0) is 9.53 Å². The molecule has 7 nitrogen and oxygen atoms in total. The number of hydrogen-bond donors (Lipinski definition) is 2. The lowest BCUT2D eigenvalue weighted by molar-refractivity contribution is -0.139. The molecule has 128 valence electrons. The van der Waals surface area contributed by atoms with Gasteiger partial charge in [0.2, 0.25) is 0 Å². The van der Waals surface area contributed by atoms with E-state index in [2.05, 4.69) is 22.0 Å². The Labute approximate surface area is 143 Å². The third kappa shape index (κ3) is 3.60. The summed E-state index contributed by atoms with van der Waals surface area (Å²) in [5.74, 6) is 0.198. The van der Waals surface area contributed by atoms with Gasteiger partial charge in [0.15, 0.2) is 0 Å². The van der Waals surface area contributed by atoms with E-state index < -0.39 is 5.97 Å². The third-order valence-corrected chi connectivity index (χ3v) is 3.54. The SMILES string of the molecule is C=C(C)C(=O)OCCOc1ccc(O)c(-c2cccc3n[nH]nc23)c1. The Bertz CT molecular complexity index is 933. The van der Waals surface area contributed by atoms with Gasteiger partial charge in [-0.1, -0.05) is 18.7 Å². The van der Waals surface area contributed by atoms with Crippen molar-refractivity contribution in [1.82, 2.24) is 15.4 Å². The van der Waals surface area contributed by atoms with Crippen molar-refractivity contribution in [2.75, 3.05) is 13.2 Å². The average molecular weight is 339 g/mol. The molecule has 0 bridgehead atoms. The predicted octanol–water partition coefficient (Wildman–Crippen LogP) is 2.83. The second-order valence-corrected chi connectivity index (χ2v) is 5.44. The Balaban J connectivity index is 1.76. The summed E-state index contributed by atoms with van der Waals surface area (Å²) in [6.45, 7) is 5.40. The zero-order chi connectivity index (χ0) is 17.8. The van der Waals surface area contributed by atoms with Gasteiger partial charge >= 0.3 is 5.97 Å². The lowest BCUT2D eigenvalue weighted by atomic mass is 10.0. The quantitative estimate of drug-likeness (QED) is 0.407. The Hall–Kier alpha value is -3.35. The number of phenols is 1. The van der Waals surface area contributed by atoms with Crippen LogP contribution in [0.3, 0.4) is 0 Å². The number of carbonyl (C=O) groups is 1. The van der Waals surface area contributed by atoms with Crippen LogP contribution in [-0.4, -0.2) is 39.7 Å². The molecule has 1 heterocycles. The number of para-hydroxylation sites is 1. The summed E-state index contributed by atoms with van der Waals surface area (Å²) < 4.78 is 10.6. The molecule has 0 aliphatic heterocycles. The smallest absolute Gasteiger partial charge is 0.333 e. The third-order valence-electron chi connectivity index (χ3n) is 3.54. The highest BCUT2D eigenvalue weighted by atomic mass is 16.6. The molecule has 0 fully saturated rings. The summed E-state index contributed by atoms with van der Waals surface area (Å²) in [6, 6.07) is 10.4. The number of fused-ring (bicyclic) bond motifs is 1. The minimum absolute atomic E-state index is 0.108. The molecule has 0 aliphatic rings. The fourth-order valence-corrected chi connectivity index (χ4v) is 2.32. The van der Waals surface area contributed by atoms with Crippen LogP contribution < -0.4 is 4.74 Å². The van der Waals surface area contributed by atoms with Gasteiger partial charge in [-0.05, 0) is 31.2 Å². The summed E-state index contributed by atoms with van der Waals surface area (Å²) in [7, 11) is 0. The van der Waals surface area contributed by atoms with Crippen molar-refractivity contribution in [2.45, 2.75) is 6.92 Å². The number of H-pyrrole nitrogens is 1. The normalized spacial score (nSPS) is 10.6. The number of carbonyl (C=O) groups excluding carboxylic acids is 1. The lowest BCUT2D eigenvalue weighted by Crippen LogP contribution is -2.12. The summed E-state index contributed by atoms with van der Waals surface area (Å²) in [5, 5.41) is 20.9. The van der Waals surface area contributed by atoms with Gasteiger partial charge in [0.25, 0.3) is 0 Å². The van der Waals surface area contributed by atoms with Crippen LogP contribution in [0.4, 0.5) is 0 Å². The van der Waals surface area contributed by atoms with E-state index in [1.807, 2.05) is 18.2 Å². The highest BCUT2D eigenvalue weighted by Gasteiger charge is 2.12. The average Bonchev–Trinajstić information content (AvgIpc) is 3.08. The molecule has 1 aromatic heterocycles. The van der Waals surface area contributed by atoms with E-state index in [-0.39, 0.29) is 19.0 Å². The highest BCUT2D eigenvalue weighted by molar-refractivity contribution is 5.93. The molecule has 25 heavy (non-hydrogen) atoms. The first-order chi connectivity index (χ1) is 12.1. The zero-order valence-corrected chi connectivity index (χ0v) is 13.7. The number of aromatic nitrogens is 3. The number of rotatable bonds is 6. The van der Waals surface area contributed by atoms with Crippen LogP contribution in [0.2, 0.25) is 0 Å². The molecule has 2 aromatic carbocycles. The van der Waals surface area contributed by atoms with Gasteiger partial charge in [-0.2, -0.15) is 15.4 Å². The second-order valence-electron chi connectivity index (χ2n) is 5.44. The number of ether oxygens (including phenoxy) is 2. The molecule has 2 N–H and O–H groups in total. The van der Waals surface area contributed by atoms with Gasteiger partial charge < -0.3 is 14.6 Å². The topological polar surface area (TPSA) is 97.3 Å². The largest absolute Gasteiger partial charge is 0.507 e. The van der Waals surface area contributed by atoms with Crippen molar-refractivity contribution in [1.29, 1.82) is 0 Å². The van der Waals surface area contributed by atoms with Crippen LogP contribution in [0.15, 0.2) is 48.6 Å². The van der Waals surface area contributed by atoms with Crippen LogP contribution >= 0.6 is 0 Å². The van der Waals surface area contributed by atoms with E-state index in [4.69, 9.17) is 9.47 Å². The van der Waals surface area contributed by atoms with Crippen molar-refractivity contribution in [3.05, 3.63) is 48.6 Å². The Kier molecular flexibility index (Phi) is 4.65. The molecule has 0 saturated carbocycles. The fourth-order valence-electron chi connectivity index (χ4n) is 2.32. The number of aromatic amines is 1. The van der Waals surface area contributed by atoms with Gasteiger partial charge in [-0.3, -0.25) is 0 Å². The van der Waals surface area contributed by atoms with E-state index in [0.29, 0.717) is 27.9 Å². The van der Waals surface area contributed by atoms with Crippen LogP contribution in [0.1, 0.15) is 6.92 Å². The minimum atomic E-state index is -0.451. The Morgan fingerprint density at radius 2 is 2.04 bits per heavy atom. The predicted molar refractivity (Wildman–Crippen MR) is 92.3 cm³/mol. The molecule has 0 saturated heterocycles. The number of phenolic OH excluding ortho intramolecular Hbond substituents is 1. The molecule has 3 rings (SSSR count). The van der Waals surface area contributed by atoms with Gasteiger partial charge in [0, 0.05) is 16.7 Å². The Morgan fingerprint density at radius 1 is 1.20 bits per heavy atom. The summed E-state index contributed by atoms with van der Waals surface area (Å²) in [4.78, 5) is 11.3. The summed E-state index contributed by atoms with van der Waals surface area (Å²) >= 11 is 0. The monoisotopic (exact) mass is 339 g/mol. The standard InChI is InChI=1S/C18H17N3O4/c1-11(2)18(23)25-9-8-24-12-6-7-16(22)14(10-12)13-4-3-5-15-17(13)20-21-19-15/h3-7,10,22H,1,8-9H2,2H3,(H,19,20,21). The van der Waals surface area contributed by atoms with Crippen LogP contribution in [0, 0.1) is 0 Å². The first-order valence-electron chi connectivity index (χ1n) is 7.64. The van der Waals surface area contributed by atoms with E-state index >= 15 is 0 Å². The molecule has 7 heteroatoms. The van der Waals surface area contributed by atoms with Gasteiger partial charge in [0.1, 0.15) is 35.7 Å². The maximum Gasteiger partial charge on any atom is 0.333 e. The maximum atomic E-state index is 11.3. The van der Waals surface area contributed by atoms with Crippen molar-refractivity contribution < 1.29 is 19.4 Å². The molecule has 0 spiro atoms. The Morgan fingerprint density at radius 3 is 2.84 bits per heavy atom.